The van der Waals surface area contributed by atoms with Gasteiger partial charge in [-0.2, -0.15) is 4.31 Å². The predicted octanol–water partition coefficient (Wildman–Crippen LogP) is 1.77. The lowest BCUT2D eigenvalue weighted by Gasteiger charge is -2.30. The number of amides is 1. The van der Waals surface area contributed by atoms with Crippen molar-refractivity contribution in [3.05, 3.63) is 41.3 Å². The first kappa shape index (κ1) is 21.1. The molecule has 1 amide bonds. The smallest absolute Gasteiger partial charge is 0.328 e. The molecule has 1 saturated heterocycles. The lowest BCUT2D eigenvalue weighted by atomic mass is 9.97. The summed E-state index contributed by atoms with van der Waals surface area (Å²) in [5.41, 5.74) is 0.809. The van der Waals surface area contributed by atoms with E-state index in [9.17, 15) is 18.0 Å². The van der Waals surface area contributed by atoms with E-state index in [1.54, 1.807) is 19.9 Å². The number of sulfonamides is 1. The second kappa shape index (κ2) is 9.66. The maximum Gasteiger partial charge on any atom is 0.328 e. The molecule has 1 heterocycles. The van der Waals surface area contributed by atoms with Crippen molar-refractivity contribution in [3.8, 4) is 0 Å². The van der Waals surface area contributed by atoms with E-state index in [0.29, 0.717) is 12.8 Å². The third-order valence-corrected chi connectivity index (χ3v) is 5.98. The number of nitrogens with zero attached hydrogens (tertiary/aromatic N) is 1. The van der Waals surface area contributed by atoms with Crippen LogP contribution in [0.2, 0.25) is 0 Å². The highest BCUT2D eigenvalue weighted by atomic mass is 32.2. The van der Waals surface area contributed by atoms with Crippen molar-refractivity contribution >= 4 is 28.0 Å². The number of piperidine rings is 1. The number of benzene rings is 1. The first-order valence-corrected chi connectivity index (χ1v) is 10.5. The van der Waals surface area contributed by atoms with Crippen LogP contribution in [0.1, 0.15) is 32.3 Å². The lowest BCUT2D eigenvalue weighted by molar-refractivity contribution is -0.147. The van der Waals surface area contributed by atoms with Crippen molar-refractivity contribution < 1.29 is 22.7 Å². The van der Waals surface area contributed by atoms with Crippen LogP contribution in [0.15, 0.2) is 35.7 Å². The number of carbonyl (C=O) groups is 2. The summed E-state index contributed by atoms with van der Waals surface area (Å²) in [6.07, 6.45) is 2.40. The number of hydrogen-bond donors (Lipinski definition) is 1. The molecule has 0 radical (unpaired) electrons. The van der Waals surface area contributed by atoms with Crippen molar-refractivity contribution in [2.75, 3.05) is 19.7 Å². The third-order valence-electron chi connectivity index (χ3n) is 4.42. The van der Waals surface area contributed by atoms with Crippen molar-refractivity contribution in [2.24, 2.45) is 5.92 Å². The van der Waals surface area contributed by atoms with Gasteiger partial charge in [-0.15, -0.1) is 0 Å². The van der Waals surface area contributed by atoms with Crippen LogP contribution < -0.4 is 5.32 Å². The van der Waals surface area contributed by atoms with E-state index < -0.39 is 22.0 Å². The number of hydrogen-bond acceptors (Lipinski definition) is 5. The monoisotopic (exact) mass is 394 g/mol. The molecule has 2 rings (SSSR count). The van der Waals surface area contributed by atoms with Gasteiger partial charge in [0, 0.05) is 24.4 Å². The summed E-state index contributed by atoms with van der Waals surface area (Å²) in [5.74, 6) is -1.03. The zero-order valence-corrected chi connectivity index (χ0v) is 16.4. The Kier molecular flexibility index (Phi) is 7.55. The minimum Gasteiger partial charge on any atom is -0.464 e. The first-order chi connectivity index (χ1) is 12.8. The average Bonchev–Trinajstić information content (AvgIpc) is 2.67. The Labute approximate surface area is 160 Å². The summed E-state index contributed by atoms with van der Waals surface area (Å²) in [6, 6.07) is 8.49. The molecule has 148 valence electrons. The van der Waals surface area contributed by atoms with Gasteiger partial charge in [-0.25, -0.2) is 13.2 Å². The number of carbonyl (C=O) groups excluding carboxylic acids is 2. The van der Waals surface area contributed by atoms with Gasteiger partial charge < -0.3 is 10.1 Å². The predicted molar refractivity (Wildman–Crippen MR) is 103 cm³/mol. The van der Waals surface area contributed by atoms with Crippen LogP contribution in [0, 0.1) is 5.92 Å². The number of ether oxygens (including phenoxy) is 1. The average molecular weight is 394 g/mol. The van der Waals surface area contributed by atoms with Gasteiger partial charge in [0.05, 0.1) is 6.61 Å². The molecule has 1 N–H and O–H groups in total. The first-order valence-electron chi connectivity index (χ1n) is 9.03. The van der Waals surface area contributed by atoms with Gasteiger partial charge in [0.25, 0.3) is 0 Å². The topological polar surface area (TPSA) is 92.8 Å². The van der Waals surface area contributed by atoms with Crippen molar-refractivity contribution in [3.63, 3.8) is 0 Å². The summed E-state index contributed by atoms with van der Waals surface area (Å²) in [4.78, 5) is 23.9. The molecule has 0 saturated carbocycles. The normalized spacial score (nSPS) is 17.6. The minimum absolute atomic E-state index is 0.243. The van der Waals surface area contributed by atoms with E-state index in [4.69, 9.17) is 4.74 Å². The molecule has 8 heteroatoms. The van der Waals surface area contributed by atoms with Crippen LogP contribution in [0.3, 0.4) is 0 Å². The molecule has 1 aromatic carbocycles. The summed E-state index contributed by atoms with van der Waals surface area (Å²) in [6.45, 7) is 4.07. The molecule has 0 bridgehead atoms. The van der Waals surface area contributed by atoms with Gasteiger partial charge in [0.1, 0.15) is 6.04 Å². The van der Waals surface area contributed by atoms with Crippen LogP contribution >= 0.6 is 0 Å². The van der Waals surface area contributed by atoms with Gasteiger partial charge >= 0.3 is 5.97 Å². The fraction of sp³-hybridized carbons (Fsp3) is 0.474. The van der Waals surface area contributed by atoms with Gasteiger partial charge in [-0.1, -0.05) is 30.3 Å². The van der Waals surface area contributed by atoms with Crippen LogP contribution in [-0.2, 0) is 24.3 Å². The highest BCUT2D eigenvalue weighted by molar-refractivity contribution is 7.92. The zero-order valence-electron chi connectivity index (χ0n) is 15.6. The van der Waals surface area contributed by atoms with Crippen molar-refractivity contribution in [1.29, 1.82) is 0 Å². The van der Waals surface area contributed by atoms with Crippen molar-refractivity contribution in [2.45, 2.75) is 32.7 Å². The van der Waals surface area contributed by atoms with Gasteiger partial charge in [-0.3, -0.25) is 4.79 Å². The molecule has 0 aromatic heterocycles. The second-order valence-electron chi connectivity index (χ2n) is 6.41. The summed E-state index contributed by atoms with van der Waals surface area (Å²) in [5, 5.41) is 3.84. The Morgan fingerprint density at radius 3 is 2.48 bits per heavy atom. The Morgan fingerprint density at radius 1 is 1.26 bits per heavy atom. The van der Waals surface area contributed by atoms with Crippen molar-refractivity contribution in [1.82, 2.24) is 9.62 Å². The molecule has 27 heavy (non-hydrogen) atoms. The Bertz CT molecular complexity index is 769. The standard InChI is InChI=1S/C19H26N2O5S/c1-3-26-19(23)15(2)20-18(22)17-9-12-21(13-10-17)27(24,25)14-11-16-7-5-4-6-8-16/h4-8,11,14-15,17H,3,9-10,12-13H2,1-2H3,(H,20,22). The fourth-order valence-electron chi connectivity index (χ4n) is 2.84. The lowest BCUT2D eigenvalue weighted by Crippen LogP contribution is -2.46. The van der Waals surface area contributed by atoms with Gasteiger partial charge in [-0.05, 0) is 38.3 Å². The summed E-state index contributed by atoms with van der Waals surface area (Å²) < 4.78 is 31.2. The van der Waals surface area contributed by atoms with E-state index in [2.05, 4.69) is 5.32 Å². The number of nitrogens with one attached hydrogen (secondary N) is 1. The summed E-state index contributed by atoms with van der Waals surface area (Å²) >= 11 is 0. The van der Waals surface area contributed by atoms with Gasteiger partial charge in [0.2, 0.25) is 15.9 Å². The Hall–Kier alpha value is -2.19. The van der Waals surface area contributed by atoms with Crippen LogP contribution in [0.5, 0.6) is 0 Å². The second-order valence-corrected chi connectivity index (χ2v) is 8.23. The van der Waals surface area contributed by atoms with Crippen LogP contribution in [-0.4, -0.2) is 50.3 Å². The molecule has 1 aliphatic rings. The largest absolute Gasteiger partial charge is 0.464 e. The van der Waals surface area contributed by atoms with Gasteiger partial charge in [0.15, 0.2) is 0 Å². The molecule has 1 atom stereocenters. The number of rotatable bonds is 7. The molecule has 0 aliphatic carbocycles. The highest BCUT2D eigenvalue weighted by Crippen LogP contribution is 2.21. The quantitative estimate of drug-likeness (QED) is 0.712. The van der Waals surface area contributed by atoms with E-state index >= 15 is 0 Å². The van der Waals surface area contributed by atoms with Crippen LogP contribution in [0.25, 0.3) is 6.08 Å². The summed E-state index contributed by atoms with van der Waals surface area (Å²) in [7, 11) is -3.53. The molecule has 7 nitrogen and oxygen atoms in total. The molecule has 1 fully saturated rings. The van der Waals surface area contributed by atoms with E-state index in [0.717, 1.165) is 5.56 Å². The Balaban J connectivity index is 1.87. The zero-order chi connectivity index (χ0) is 19.9. The number of esters is 1. The van der Waals surface area contributed by atoms with E-state index in [-0.39, 0.29) is 31.5 Å². The fourth-order valence-corrected chi connectivity index (χ4v) is 4.07. The SMILES string of the molecule is CCOC(=O)C(C)NC(=O)C1CCN(S(=O)(=O)C=Cc2ccccc2)CC1. The molecule has 1 aromatic rings. The third kappa shape index (κ3) is 6.18. The van der Waals surface area contributed by atoms with E-state index in [1.807, 2.05) is 30.3 Å². The maximum absolute atomic E-state index is 12.5. The molecule has 1 aliphatic heterocycles. The highest BCUT2D eigenvalue weighted by Gasteiger charge is 2.31. The Morgan fingerprint density at radius 2 is 1.89 bits per heavy atom. The molecule has 1 unspecified atom stereocenters. The minimum atomic E-state index is -3.53. The molecular weight excluding hydrogens is 368 g/mol. The van der Waals surface area contributed by atoms with E-state index in [1.165, 1.54) is 9.71 Å². The molecular formula is C19H26N2O5S. The van der Waals surface area contributed by atoms with Crippen LogP contribution in [0.4, 0.5) is 0 Å². The molecule has 0 spiro atoms. The maximum atomic E-state index is 12.5.